The first-order valence-corrected chi connectivity index (χ1v) is 5.50. The van der Waals surface area contributed by atoms with Gasteiger partial charge in [0.05, 0.1) is 29.4 Å². The molecule has 1 aromatic rings. The first-order chi connectivity index (χ1) is 9.25. The summed E-state index contributed by atoms with van der Waals surface area (Å²) in [6, 6.07) is 5.56. The number of amides is 1. The molecule has 0 bridgehead atoms. The minimum absolute atomic E-state index is 0.132. The van der Waals surface area contributed by atoms with Crippen LogP contribution in [0.3, 0.4) is 0 Å². The lowest BCUT2D eigenvalue weighted by molar-refractivity contribution is -0.137. The SMILES string of the molecule is C/C(O)=C(/CC#N)C(=O)Nc1ccc(C(F)(F)F)cc1. The summed E-state index contributed by atoms with van der Waals surface area (Å²) in [6.07, 6.45) is -4.75. The average Bonchev–Trinajstić information content (AvgIpc) is 2.34. The smallest absolute Gasteiger partial charge is 0.416 e. The Labute approximate surface area is 113 Å². The van der Waals surface area contributed by atoms with Gasteiger partial charge in [-0.25, -0.2) is 0 Å². The predicted molar refractivity (Wildman–Crippen MR) is 65.6 cm³/mol. The van der Waals surface area contributed by atoms with Gasteiger partial charge in [-0.05, 0) is 31.2 Å². The van der Waals surface area contributed by atoms with Crippen LogP contribution in [-0.4, -0.2) is 11.0 Å². The molecule has 106 valence electrons. The summed E-state index contributed by atoms with van der Waals surface area (Å²) in [4.78, 5) is 11.7. The molecule has 1 rings (SSSR count). The molecule has 0 aromatic heterocycles. The van der Waals surface area contributed by atoms with Crippen LogP contribution in [0.5, 0.6) is 0 Å². The van der Waals surface area contributed by atoms with Crippen LogP contribution in [0.25, 0.3) is 0 Å². The van der Waals surface area contributed by atoms with E-state index < -0.39 is 17.6 Å². The van der Waals surface area contributed by atoms with Gasteiger partial charge in [0, 0.05) is 5.69 Å². The number of hydrogen-bond donors (Lipinski definition) is 2. The molecule has 0 saturated heterocycles. The number of aliphatic hydroxyl groups is 1. The number of hydrogen-bond acceptors (Lipinski definition) is 3. The van der Waals surface area contributed by atoms with Gasteiger partial charge in [-0.15, -0.1) is 0 Å². The number of nitrogens with zero attached hydrogens (tertiary/aromatic N) is 1. The summed E-state index contributed by atoms with van der Waals surface area (Å²) in [5.74, 6) is -1.04. The molecule has 0 aliphatic carbocycles. The van der Waals surface area contributed by atoms with Crippen molar-refractivity contribution in [3.63, 3.8) is 0 Å². The largest absolute Gasteiger partial charge is 0.512 e. The van der Waals surface area contributed by atoms with Crippen LogP contribution >= 0.6 is 0 Å². The number of anilines is 1. The van der Waals surface area contributed by atoms with Crippen LogP contribution in [0, 0.1) is 11.3 Å². The van der Waals surface area contributed by atoms with Gasteiger partial charge in [-0.2, -0.15) is 18.4 Å². The van der Waals surface area contributed by atoms with E-state index in [4.69, 9.17) is 5.26 Å². The number of nitrogens with one attached hydrogen (secondary N) is 1. The van der Waals surface area contributed by atoms with E-state index >= 15 is 0 Å². The fourth-order valence-corrected chi connectivity index (χ4v) is 1.40. The maximum atomic E-state index is 12.4. The van der Waals surface area contributed by atoms with E-state index in [2.05, 4.69) is 5.32 Å². The lowest BCUT2D eigenvalue weighted by Gasteiger charge is -2.09. The molecule has 1 aromatic carbocycles. The Hall–Kier alpha value is -2.49. The maximum absolute atomic E-state index is 12.4. The van der Waals surface area contributed by atoms with Crippen LogP contribution in [-0.2, 0) is 11.0 Å². The lowest BCUT2D eigenvalue weighted by atomic mass is 10.1. The monoisotopic (exact) mass is 284 g/mol. The molecule has 0 atom stereocenters. The minimum atomic E-state index is -4.45. The van der Waals surface area contributed by atoms with Crippen molar-refractivity contribution in [3.05, 3.63) is 41.2 Å². The third-order valence-corrected chi connectivity index (χ3v) is 2.44. The third-order valence-electron chi connectivity index (χ3n) is 2.44. The molecule has 2 N–H and O–H groups in total. The van der Waals surface area contributed by atoms with Crippen molar-refractivity contribution in [2.75, 3.05) is 5.32 Å². The highest BCUT2D eigenvalue weighted by atomic mass is 19.4. The van der Waals surface area contributed by atoms with E-state index in [9.17, 15) is 23.1 Å². The molecule has 0 heterocycles. The van der Waals surface area contributed by atoms with E-state index in [1.54, 1.807) is 6.07 Å². The zero-order chi connectivity index (χ0) is 15.3. The normalized spacial score (nSPS) is 12.3. The van der Waals surface area contributed by atoms with E-state index in [0.29, 0.717) is 0 Å². The molecule has 0 aliphatic heterocycles. The van der Waals surface area contributed by atoms with Gasteiger partial charge in [-0.1, -0.05) is 0 Å². The second-order valence-electron chi connectivity index (χ2n) is 3.93. The minimum Gasteiger partial charge on any atom is -0.512 e. The number of carbonyl (C=O) groups excluding carboxylic acids is 1. The van der Waals surface area contributed by atoms with E-state index in [0.717, 1.165) is 24.3 Å². The summed E-state index contributed by atoms with van der Waals surface area (Å²) in [7, 11) is 0. The number of alkyl halides is 3. The Kier molecular flexibility index (Phi) is 4.75. The van der Waals surface area contributed by atoms with Crippen LogP contribution in [0.2, 0.25) is 0 Å². The maximum Gasteiger partial charge on any atom is 0.416 e. The van der Waals surface area contributed by atoms with Gasteiger partial charge >= 0.3 is 6.18 Å². The molecule has 20 heavy (non-hydrogen) atoms. The number of rotatable bonds is 3. The Balaban J connectivity index is 2.87. The first-order valence-electron chi connectivity index (χ1n) is 5.50. The molecule has 4 nitrogen and oxygen atoms in total. The molecule has 0 fully saturated rings. The third kappa shape index (κ3) is 4.02. The first kappa shape index (κ1) is 15.6. The van der Waals surface area contributed by atoms with Crippen molar-refractivity contribution in [2.24, 2.45) is 0 Å². The zero-order valence-electron chi connectivity index (χ0n) is 10.5. The van der Waals surface area contributed by atoms with Crippen molar-refractivity contribution in [1.82, 2.24) is 0 Å². The number of aliphatic hydroxyl groups excluding tert-OH is 1. The van der Waals surface area contributed by atoms with E-state index in [-0.39, 0.29) is 23.4 Å². The van der Waals surface area contributed by atoms with Crippen molar-refractivity contribution in [1.29, 1.82) is 5.26 Å². The highest BCUT2D eigenvalue weighted by Gasteiger charge is 2.30. The molecular weight excluding hydrogens is 273 g/mol. The molecule has 0 spiro atoms. The van der Waals surface area contributed by atoms with Gasteiger partial charge in [0.25, 0.3) is 5.91 Å². The molecule has 0 saturated carbocycles. The molecule has 0 unspecified atom stereocenters. The number of benzene rings is 1. The Morgan fingerprint density at radius 1 is 1.35 bits per heavy atom. The van der Waals surface area contributed by atoms with Crippen LogP contribution in [0.1, 0.15) is 18.9 Å². The predicted octanol–water partition coefficient (Wildman–Crippen LogP) is 3.39. The van der Waals surface area contributed by atoms with Gasteiger partial charge < -0.3 is 10.4 Å². The number of allylic oxidation sites excluding steroid dienone is 1. The van der Waals surface area contributed by atoms with Crippen molar-refractivity contribution in [3.8, 4) is 6.07 Å². The molecule has 0 aliphatic rings. The lowest BCUT2D eigenvalue weighted by Crippen LogP contribution is -2.16. The Bertz CT molecular complexity index is 565. The summed E-state index contributed by atoms with van der Waals surface area (Å²) < 4.78 is 37.1. The van der Waals surface area contributed by atoms with Crippen LogP contribution in [0.4, 0.5) is 18.9 Å². The highest BCUT2D eigenvalue weighted by Crippen LogP contribution is 2.29. The van der Waals surface area contributed by atoms with E-state index in [1.165, 1.54) is 6.92 Å². The molecule has 7 heteroatoms. The van der Waals surface area contributed by atoms with Gasteiger partial charge in [0.2, 0.25) is 0 Å². The van der Waals surface area contributed by atoms with E-state index in [1.807, 2.05) is 0 Å². The summed E-state index contributed by atoms with van der Waals surface area (Å²) in [6.45, 7) is 1.25. The van der Waals surface area contributed by atoms with Crippen molar-refractivity contribution >= 4 is 11.6 Å². The Morgan fingerprint density at radius 3 is 2.30 bits per heavy atom. The molecule has 1 amide bonds. The molecule has 0 radical (unpaired) electrons. The van der Waals surface area contributed by atoms with Crippen molar-refractivity contribution in [2.45, 2.75) is 19.5 Å². The van der Waals surface area contributed by atoms with Gasteiger partial charge in [0.1, 0.15) is 0 Å². The van der Waals surface area contributed by atoms with Crippen LogP contribution < -0.4 is 5.32 Å². The number of carbonyl (C=O) groups is 1. The van der Waals surface area contributed by atoms with Crippen molar-refractivity contribution < 1.29 is 23.1 Å². The number of nitriles is 1. The number of halogens is 3. The topological polar surface area (TPSA) is 73.1 Å². The second-order valence-corrected chi connectivity index (χ2v) is 3.93. The molecular formula is C13H11F3N2O2. The second kappa shape index (κ2) is 6.10. The quantitative estimate of drug-likeness (QED) is 0.660. The Morgan fingerprint density at radius 2 is 1.90 bits per heavy atom. The van der Waals surface area contributed by atoms with Gasteiger partial charge in [0.15, 0.2) is 0 Å². The summed E-state index contributed by atoms with van der Waals surface area (Å²) in [5, 5.41) is 20.1. The van der Waals surface area contributed by atoms with Crippen LogP contribution in [0.15, 0.2) is 35.6 Å². The standard InChI is InChI=1S/C13H11F3N2O2/c1-8(19)11(6-7-17)12(20)18-10-4-2-9(3-5-10)13(14,15)16/h2-5,19H,6H2,1H3,(H,18,20)/b11-8+. The zero-order valence-corrected chi connectivity index (χ0v) is 10.5. The average molecular weight is 284 g/mol. The van der Waals surface area contributed by atoms with Gasteiger partial charge in [-0.3, -0.25) is 4.79 Å². The fraction of sp³-hybridized carbons (Fsp3) is 0.231. The summed E-state index contributed by atoms with van der Waals surface area (Å²) >= 11 is 0. The highest BCUT2D eigenvalue weighted by molar-refractivity contribution is 6.04. The fourth-order valence-electron chi connectivity index (χ4n) is 1.40. The summed E-state index contributed by atoms with van der Waals surface area (Å²) in [5.41, 5.74) is -0.825.